The molecule has 14 heteroatoms. The zero-order valence-corrected chi connectivity index (χ0v) is 27.8. The van der Waals surface area contributed by atoms with E-state index in [0.717, 1.165) is 12.1 Å². The van der Waals surface area contributed by atoms with Gasteiger partial charge in [0.1, 0.15) is 35.9 Å². The Kier molecular flexibility index (Phi) is 12.2. The van der Waals surface area contributed by atoms with Gasteiger partial charge in [-0.25, -0.2) is 9.67 Å². The van der Waals surface area contributed by atoms with Gasteiger partial charge in [-0.3, -0.25) is 14.6 Å². The highest BCUT2D eigenvalue weighted by Crippen LogP contribution is 2.33. The second kappa shape index (κ2) is 17.3. The van der Waals surface area contributed by atoms with E-state index in [0.29, 0.717) is 98.9 Å². The second-order valence-electron chi connectivity index (χ2n) is 12.2. The number of rotatable bonds is 18. The number of ether oxygens (including phenoxy) is 5. The molecule has 0 unspecified atom stereocenters. The van der Waals surface area contributed by atoms with Crippen molar-refractivity contribution >= 4 is 17.0 Å². The Labute approximate surface area is 284 Å². The van der Waals surface area contributed by atoms with Crippen LogP contribution in [0.1, 0.15) is 37.8 Å². The smallest absolute Gasteiger partial charge is 0.266 e. The van der Waals surface area contributed by atoms with E-state index < -0.39 is 0 Å². The Morgan fingerprint density at radius 1 is 0.939 bits per heavy atom. The highest BCUT2D eigenvalue weighted by Gasteiger charge is 2.37. The number of fused-ring (bicyclic) bond motifs is 2. The van der Waals surface area contributed by atoms with Crippen LogP contribution < -0.4 is 25.7 Å². The highest BCUT2D eigenvalue weighted by atomic mass is 16.6. The summed E-state index contributed by atoms with van der Waals surface area (Å²) in [7, 11) is 1.57. The maximum Gasteiger partial charge on any atom is 0.266 e. The normalized spacial score (nSPS) is 18.8. The van der Waals surface area contributed by atoms with Crippen LogP contribution in [0.3, 0.4) is 0 Å². The molecule has 0 radical (unpaired) electrons. The summed E-state index contributed by atoms with van der Waals surface area (Å²) in [6.07, 6.45) is 7.59. The molecule has 3 aromatic heterocycles. The Bertz CT molecular complexity index is 1700. The number of oxazole rings is 1. The molecule has 49 heavy (non-hydrogen) atoms. The summed E-state index contributed by atoms with van der Waals surface area (Å²) in [5, 5.41) is 10.7. The third-order valence-electron chi connectivity index (χ3n) is 8.69. The number of carbonyl (C=O) groups excluding carboxylic acids is 1. The molecular weight excluding hydrogens is 632 g/mol. The monoisotopic (exact) mass is 676 g/mol. The minimum Gasteiger partial charge on any atom is -0.490 e. The van der Waals surface area contributed by atoms with Gasteiger partial charge in [-0.15, -0.1) is 0 Å². The summed E-state index contributed by atoms with van der Waals surface area (Å²) in [6.45, 7) is 3.89. The molecule has 0 bridgehead atoms. The number of pyridine rings is 1. The molecule has 1 aromatic carbocycles. The molecule has 262 valence electrons. The lowest BCUT2D eigenvalue weighted by Gasteiger charge is -2.24. The van der Waals surface area contributed by atoms with Gasteiger partial charge in [0.05, 0.1) is 57.6 Å². The standard InChI is InChI=1S/C35H44N6O8/c1-41-33(42)11-9-29(40-41)35-39-30-21-26(8-10-32(30)49-35)48-23-25-6-7-27(22-37-25)47-19-18-46-17-16-45-15-14-44-13-12-36-34(43)31-20-24-4-2-3-5-28(24)38-31/h6-11,21-22,24,28,31,38H,2-5,12-20,23H2,1H3,(H,36,43)/t24-,28-,31-/m0/s1. The molecule has 1 saturated heterocycles. The quantitative estimate of drug-likeness (QED) is 0.149. The van der Waals surface area contributed by atoms with Gasteiger partial charge in [0.15, 0.2) is 5.58 Å². The van der Waals surface area contributed by atoms with E-state index in [-0.39, 0.29) is 24.1 Å². The lowest BCUT2D eigenvalue weighted by Crippen LogP contribution is -2.44. The number of aromatic nitrogens is 4. The van der Waals surface area contributed by atoms with Crippen LogP contribution in [0.2, 0.25) is 0 Å². The van der Waals surface area contributed by atoms with E-state index in [9.17, 15) is 9.59 Å². The highest BCUT2D eigenvalue weighted by molar-refractivity contribution is 5.82. The number of hydrogen-bond acceptors (Lipinski definition) is 12. The van der Waals surface area contributed by atoms with Crippen LogP contribution in [-0.4, -0.2) is 90.5 Å². The molecule has 0 spiro atoms. The van der Waals surface area contributed by atoms with Gasteiger partial charge in [0.2, 0.25) is 11.8 Å². The van der Waals surface area contributed by atoms with Gasteiger partial charge >= 0.3 is 0 Å². The van der Waals surface area contributed by atoms with Crippen molar-refractivity contribution in [3.63, 3.8) is 0 Å². The van der Waals surface area contributed by atoms with Crippen LogP contribution in [0.15, 0.2) is 57.9 Å². The maximum atomic E-state index is 12.4. The van der Waals surface area contributed by atoms with Crippen LogP contribution in [0.25, 0.3) is 22.7 Å². The predicted octanol–water partition coefficient (Wildman–Crippen LogP) is 3.03. The molecule has 6 rings (SSSR count). The van der Waals surface area contributed by atoms with Gasteiger partial charge in [0.25, 0.3) is 5.56 Å². The number of carbonyl (C=O) groups is 1. The van der Waals surface area contributed by atoms with Gasteiger partial charge in [0, 0.05) is 31.8 Å². The summed E-state index contributed by atoms with van der Waals surface area (Å²) < 4.78 is 35.3. The average molecular weight is 677 g/mol. The van der Waals surface area contributed by atoms with Crippen molar-refractivity contribution in [2.75, 3.05) is 52.8 Å². The van der Waals surface area contributed by atoms with Crippen molar-refractivity contribution in [1.82, 2.24) is 30.4 Å². The molecule has 4 heterocycles. The van der Waals surface area contributed by atoms with Crippen molar-refractivity contribution in [1.29, 1.82) is 0 Å². The van der Waals surface area contributed by atoms with Crippen molar-refractivity contribution in [2.24, 2.45) is 13.0 Å². The maximum absolute atomic E-state index is 12.4. The Morgan fingerprint density at radius 2 is 1.71 bits per heavy atom. The fraction of sp³-hybridized carbons (Fsp3) is 0.514. The molecule has 2 N–H and O–H groups in total. The fourth-order valence-corrected chi connectivity index (χ4v) is 6.11. The van der Waals surface area contributed by atoms with Crippen molar-refractivity contribution < 1.29 is 32.9 Å². The van der Waals surface area contributed by atoms with Crippen LogP contribution in [0, 0.1) is 5.92 Å². The minimum atomic E-state index is -0.210. The summed E-state index contributed by atoms with van der Waals surface area (Å²) in [6, 6.07) is 12.5. The van der Waals surface area contributed by atoms with Gasteiger partial charge in [-0.2, -0.15) is 5.10 Å². The Balaban J connectivity index is 0.775. The molecule has 4 aromatic rings. The minimum absolute atomic E-state index is 0.0596. The van der Waals surface area contributed by atoms with Crippen LogP contribution in [-0.2, 0) is 32.7 Å². The third-order valence-corrected chi connectivity index (χ3v) is 8.69. The van der Waals surface area contributed by atoms with E-state index in [4.69, 9.17) is 28.1 Å². The van der Waals surface area contributed by atoms with E-state index in [2.05, 4.69) is 25.7 Å². The van der Waals surface area contributed by atoms with Crippen LogP contribution in [0.5, 0.6) is 11.5 Å². The van der Waals surface area contributed by atoms with E-state index in [1.165, 1.54) is 36.4 Å². The van der Waals surface area contributed by atoms with Crippen molar-refractivity contribution in [3.8, 4) is 23.1 Å². The van der Waals surface area contributed by atoms with Crippen LogP contribution >= 0.6 is 0 Å². The molecular formula is C35H44N6O8. The Hall–Kier alpha value is -4.37. The lowest BCUT2D eigenvalue weighted by molar-refractivity contribution is -0.123. The molecule has 14 nitrogen and oxygen atoms in total. The fourth-order valence-electron chi connectivity index (χ4n) is 6.11. The van der Waals surface area contributed by atoms with Crippen LogP contribution in [0.4, 0.5) is 0 Å². The van der Waals surface area contributed by atoms with E-state index >= 15 is 0 Å². The van der Waals surface area contributed by atoms with E-state index in [1.54, 1.807) is 37.5 Å². The SMILES string of the molecule is Cn1nc(-c2nc3cc(OCc4ccc(OCCOCCOCCOCCNC(=O)[C@@H]5C[C@@H]6CCCC[C@@H]6N5)cn4)ccc3o2)ccc1=O. The lowest BCUT2D eigenvalue weighted by atomic mass is 9.85. The molecule has 1 aliphatic heterocycles. The predicted molar refractivity (Wildman–Crippen MR) is 179 cm³/mol. The Morgan fingerprint density at radius 3 is 2.49 bits per heavy atom. The molecule has 1 aliphatic carbocycles. The molecule has 2 fully saturated rings. The second-order valence-corrected chi connectivity index (χ2v) is 12.2. The number of aryl methyl sites for hydroxylation is 1. The topological polar surface area (TPSA) is 161 Å². The van der Waals surface area contributed by atoms with Crippen molar-refractivity contribution in [2.45, 2.75) is 50.8 Å². The largest absolute Gasteiger partial charge is 0.490 e. The van der Waals surface area contributed by atoms with Gasteiger partial charge < -0.3 is 38.7 Å². The summed E-state index contributed by atoms with van der Waals surface area (Å²) >= 11 is 0. The molecule has 1 saturated carbocycles. The number of amides is 1. The molecule has 3 atom stereocenters. The van der Waals surface area contributed by atoms with E-state index in [1.807, 2.05) is 12.1 Å². The zero-order valence-electron chi connectivity index (χ0n) is 27.8. The number of nitrogens with one attached hydrogen (secondary N) is 2. The summed E-state index contributed by atoms with van der Waals surface area (Å²) in [5.41, 5.74) is 2.20. The molecule has 1 amide bonds. The van der Waals surface area contributed by atoms with Gasteiger partial charge in [-0.05, 0) is 55.5 Å². The third kappa shape index (κ3) is 9.85. The number of benzene rings is 1. The average Bonchev–Trinajstić information content (AvgIpc) is 3.76. The first kappa shape index (κ1) is 34.5. The number of hydrogen-bond donors (Lipinski definition) is 2. The first-order valence-corrected chi connectivity index (χ1v) is 16.9. The first-order chi connectivity index (χ1) is 24.0. The summed E-state index contributed by atoms with van der Waals surface area (Å²) in [4.78, 5) is 32.9. The number of nitrogens with zero attached hydrogens (tertiary/aromatic N) is 4. The van der Waals surface area contributed by atoms with Crippen molar-refractivity contribution in [3.05, 3.63) is 64.7 Å². The molecule has 2 aliphatic rings. The zero-order chi connectivity index (χ0) is 33.8. The first-order valence-electron chi connectivity index (χ1n) is 16.9. The summed E-state index contributed by atoms with van der Waals surface area (Å²) in [5.74, 6) is 2.32. The van der Waals surface area contributed by atoms with Gasteiger partial charge in [-0.1, -0.05) is 12.8 Å².